The van der Waals surface area contributed by atoms with E-state index >= 15 is 0 Å². The minimum atomic E-state index is -0.563. The van der Waals surface area contributed by atoms with Crippen molar-refractivity contribution in [3.8, 4) is 5.75 Å². The number of rotatable bonds is 4. The molecule has 2 aromatic rings. The Balaban J connectivity index is 1.48. The Morgan fingerprint density at radius 2 is 1.56 bits per heavy atom. The Morgan fingerprint density at radius 3 is 2.19 bits per heavy atom. The summed E-state index contributed by atoms with van der Waals surface area (Å²) in [5, 5.41) is 0. The molecule has 0 N–H and O–H groups in total. The van der Waals surface area contributed by atoms with Gasteiger partial charge in [-0.15, -0.1) is 0 Å². The quantitative estimate of drug-likeness (QED) is 0.417. The van der Waals surface area contributed by atoms with Crippen LogP contribution in [0.3, 0.4) is 0 Å². The molecule has 0 spiro atoms. The molecular weight excluding hydrogens is 408 g/mol. The SMILES string of the molecule is Cc1cc(OC(=O)[C@H]2CC(=O)N(c3c(C)cccc3C)C2)ccc1N1C(=O)CCCC1=O. The van der Waals surface area contributed by atoms with E-state index in [0.29, 0.717) is 36.3 Å². The minimum absolute atomic E-state index is 0.0977. The summed E-state index contributed by atoms with van der Waals surface area (Å²) in [6.45, 7) is 5.94. The first-order valence-electron chi connectivity index (χ1n) is 10.8. The Kier molecular flexibility index (Phi) is 5.82. The number of esters is 1. The number of amides is 3. The van der Waals surface area contributed by atoms with Gasteiger partial charge in [0.2, 0.25) is 17.7 Å². The van der Waals surface area contributed by atoms with Crippen molar-refractivity contribution in [1.29, 1.82) is 0 Å². The average molecular weight is 434 g/mol. The third-order valence-electron chi connectivity index (χ3n) is 6.08. The van der Waals surface area contributed by atoms with Gasteiger partial charge in [-0.2, -0.15) is 0 Å². The average Bonchev–Trinajstić information content (AvgIpc) is 3.11. The van der Waals surface area contributed by atoms with Crippen molar-refractivity contribution < 1.29 is 23.9 Å². The molecule has 32 heavy (non-hydrogen) atoms. The summed E-state index contributed by atoms with van der Waals surface area (Å²) in [4.78, 5) is 52.7. The van der Waals surface area contributed by atoms with E-state index in [2.05, 4.69) is 0 Å². The molecule has 1 atom stereocenters. The standard InChI is InChI=1S/C25H26N2O5/c1-15-6-4-7-16(2)24(15)26-14-18(13-23(26)30)25(31)32-19-10-11-20(17(3)12-19)27-21(28)8-5-9-22(27)29/h4,6-7,10-12,18H,5,8-9,13-14H2,1-3H3/t18-/m0/s1. The first-order chi connectivity index (χ1) is 15.3. The van der Waals surface area contributed by atoms with Crippen molar-refractivity contribution in [1.82, 2.24) is 0 Å². The topological polar surface area (TPSA) is 84.0 Å². The Bertz CT molecular complexity index is 1090. The van der Waals surface area contributed by atoms with E-state index < -0.39 is 11.9 Å². The van der Waals surface area contributed by atoms with Crippen LogP contribution in [-0.4, -0.2) is 30.2 Å². The maximum atomic E-state index is 12.8. The molecule has 2 aromatic carbocycles. The number of piperidine rings is 1. The summed E-state index contributed by atoms with van der Waals surface area (Å²) in [5.41, 5.74) is 4.00. The fourth-order valence-electron chi connectivity index (χ4n) is 4.48. The van der Waals surface area contributed by atoms with E-state index in [1.165, 1.54) is 4.90 Å². The van der Waals surface area contributed by atoms with Crippen molar-refractivity contribution in [3.63, 3.8) is 0 Å². The van der Waals surface area contributed by atoms with Crippen LogP contribution in [0.15, 0.2) is 36.4 Å². The molecule has 7 nitrogen and oxygen atoms in total. The second-order valence-electron chi connectivity index (χ2n) is 8.49. The lowest BCUT2D eigenvalue weighted by Crippen LogP contribution is -2.40. The number of nitrogens with zero attached hydrogens (tertiary/aromatic N) is 2. The number of anilines is 2. The van der Waals surface area contributed by atoms with Gasteiger partial charge in [0.15, 0.2) is 0 Å². The number of carbonyl (C=O) groups is 4. The maximum Gasteiger partial charge on any atom is 0.316 e. The largest absolute Gasteiger partial charge is 0.426 e. The van der Waals surface area contributed by atoms with Crippen LogP contribution >= 0.6 is 0 Å². The molecule has 166 valence electrons. The smallest absolute Gasteiger partial charge is 0.316 e. The van der Waals surface area contributed by atoms with Gasteiger partial charge >= 0.3 is 5.97 Å². The zero-order valence-corrected chi connectivity index (χ0v) is 18.5. The maximum absolute atomic E-state index is 12.8. The minimum Gasteiger partial charge on any atom is -0.426 e. The third-order valence-corrected chi connectivity index (χ3v) is 6.08. The number of hydrogen-bond acceptors (Lipinski definition) is 5. The highest BCUT2D eigenvalue weighted by Crippen LogP contribution is 2.32. The molecule has 0 saturated carbocycles. The van der Waals surface area contributed by atoms with Crippen LogP contribution in [0, 0.1) is 26.7 Å². The molecule has 2 fully saturated rings. The Hall–Kier alpha value is -3.48. The first-order valence-corrected chi connectivity index (χ1v) is 10.8. The zero-order chi connectivity index (χ0) is 23.0. The summed E-state index contributed by atoms with van der Waals surface area (Å²) in [5.74, 6) is -1.24. The summed E-state index contributed by atoms with van der Waals surface area (Å²) < 4.78 is 5.56. The predicted molar refractivity (Wildman–Crippen MR) is 120 cm³/mol. The summed E-state index contributed by atoms with van der Waals surface area (Å²) in [6.07, 6.45) is 1.35. The fourth-order valence-corrected chi connectivity index (χ4v) is 4.48. The van der Waals surface area contributed by atoms with Crippen molar-refractivity contribution >= 4 is 35.1 Å². The van der Waals surface area contributed by atoms with E-state index in [-0.39, 0.29) is 30.7 Å². The highest BCUT2D eigenvalue weighted by Gasteiger charge is 2.37. The number of aryl methyl sites for hydroxylation is 3. The number of ether oxygens (including phenoxy) is 1. The van der Waals surface area contributed by atoms with Crippen LogP contribution in [-0.2, 0) is 19.2 Å². The van der Waals surface area contributed by atoms with Crippen LogP contribution in [0.25, 0.3) is 0 Å². The van der Waals surface area contributed by atoms with Crippen LogP contribution in [0.5, 0.6) is 5.75 Å². The van der Waals surface area contributed by atoms with Crippen molar-refractivity contribution in [2.45, 2.75) is 46.5 Å². The van der Waals surface area contributed by atoms with Gasteiger partial charge in [0.1, 0.15) is 5.75 Å². The van der Waals surface area contributed by atoms with Crippen LogP contribution in [0.4, 0.5) is 11.4 Å². The normalized spacial score (nSPS) is 19.0. The highest BCUT2D eigenvalue weighted by atomic mass is 16.5. The fraction of sp³-hybridized carbons (Fsp3) is 0.360. The highest BCUT2D eigenvalue weighted by molar-refractivity contribution is 6.16. The van der Waals surface area contributed by atoms with Gasteiger partial charge in [0.05, 0.1) is 11.6 Å². The van der Waals surface area contributed by atoms with Gasteiger partial charge < -0.3 is 9.64 Å². The van der Waals surface area contributed by atoms with Gasteiger partial charge in [-0.05, 0) is 62.1 Å². The lowest BCUT2D eigenvalue weighted by molar-refractivity contribution is -0.139. The first kappa shape index (κ1) is 21.7. The monoisotopic (exact) mass is 434 g/mol. The third kappa shape index (κ3) is 4.02. The molecule has 2 heterocycles. The van der Waals surface area contributed by atoms with Crippen LogP contribution in [0.1, 0.15) is 42.4 Å². The number of hydrogen-bond donors (Lipinski definition) is 0. The second-order valence-corrected chi connectivity index (χ2v) is 8.49. The second kappa shape index (κ2) is 8.57. The summed E-state index contributed by atoms with van der Waals surface area (Å²) >= 11 is 0. The van der Waals surface area contributed by atoms with E-state index in [1.807, 2.05) is 32.0 Å². The molecule has 0 bridgehead atoms. The molecular formula is C25H26N2O5. The number of carbonyl (C=O) groups excluding carboxylic acids is 4. The molecule has 2 aliphatic rings. The molecule has 3 amide bonds. The van der Waals surface area contributed by atoms with Gasteiger partial charge in [-0.25, -0.2) is 0 Å². The summed E-state index contributed by atoms with van der Waals surface area (Å²) in [7, 11) is 0. The van der Waals surface area contributed by atoms with Crippen LogP contribution < -0.4 is 14.5 Å². The zero-order valence-electron chi connectivity index (χ0n) is 18.5. The number of para-hydroxylation sites is 1. The molecule has 0 unspecified atom stereocenters. The van der Waals surface area contributed by atoms with Crippen molar-refractivity contribution in [2.75, 3.05) is 16.3 Å². The van der Waals surface area contributed by atoms with Gasteiger partial charge in [-0.3, -0.25) is 24.1 Å². The molecule has 7 heteroatoms. The van der Waals surface area contributed by atoms with Crippen LogP contribution in [0.2, 0.25) is 0 Å². The van der Waals surface area contributed by atoms with Gasteiger partial charge in [-0.1, -0.05) is 18.2 Å². The molecule has 2 saturated heterocycles. The lowest BCUT2D eigenvalue weighted by atomic mass is 10.1. The number of benzene rings is 2. The molecule has 4 rings (SSSR count). The molecule has 2 aliphatic heterocycles. The molecule has 0 radical (unpaired) electrons. The number of imide groups is 1. The van der Waals surface area contributed by atoms with Crippen molar-refractivity contribution in [3.05, 3.63) is 53.1 Å². The predicted octanol–water partition coefficient (Wildman–Crippen LogP) is 3.61. The summed E-state index contributed by atoms with van der Waals surface area (Å²) in [6, 6.07) is 10.7. The molecule has 0 aliphatic carbocycles. The van der Waals surface area contributed by atoms with E-state index in [9.17, 15) is 19.2 Å². The molecule has 0 aromatic heterocycles. The Morgan fingerprint density at radius 1 is 0.906 bits per heavy atom. The van der Waals surface area contributed by atoms with E-state index in [0.717, 1.165) is 16.8 Å². The van der Waals surface area contributed by atoms with Gasteiger partial charge in [0, 0.05) is 31.5 Å². The van der Waals surface area contributed by atoms with Gasteiger partial charge in [0.25, 0.3) is 0 Å². The Labute approximate surface area is 187 Å². The van der Waals surface area contributed by atoms with Crippen molar-refractivity contribution in [2.24, 2.45) is 5.92 Å². The lowest BCUT2D eigenvalue weighted by Gasteiger charge is -2.26. The van der Waals surface area contributed by atoms with E-state index in [4.69, 9.17) is 4.74 Å². The van der Waals surface area contributed by atoms with E-state index in [1.54, 1.807) is 30.0 Å².